The number of ether oxygens (including phenoxy) is 1. The summed E-state index contributed by atoms with van der Waals surface area (Å²) in [5.74, 6) is 0. The smallest absolute Gasteiger partial charge is 0.0725 e. The quantitative estimate of drug-likeness (QED) is 0.792. The van der Waals surface area contributed by atoms with Gasteiger partial charge >= 0.3 is 0 Å². The van der Waals surface area contributed by atoms with Gasteiger partial charge in [0, 0.05) is 6.04 Å². The second kappa shape index (κ2) is 4.11. The summed E-state index contributed by atoms with van der Waals surface area (Å²) in [6, 6.07) is 7.08. The third-order valence-corrected chi connectivity index (χ3v) is 2.76. The normalized spacial score (nSPS) is 16.7. The molecule has 0 saturated carbocycles. The molecule has 0 radical (unpaired) electrons. The number of benzene rings is 1. The molecule has 1 aromatic carbocycles. The van der Waals surface area contributed by atoms with E-state index in [2.05, 4.69) is 37.4 Å². The van der Waals surface area contributed by atoms with Gasteiger partial charge in [-0.15, -0.1) is 0 Å². The number of rotatable bonds is 3. The van der Waals surface area contributed by atoms with Gasteiger partial charge in [0.15, 0.2) is 0 Å². The van der Waals surface area contributed by atoms with Gasteiger partial charge in [0.05, 0.1) is 13.2 Å². The fourth-order valence-electron chi connectivity index (χ4n) is 1.89. The summed E-state index contributed by atoms with van der Waals surface area (Å²) in [5, 5.41) is 3.41. The Labute approximate surface area is 85.3 Å². The summed E-state index contributed by atoms with van der Waals surface area (Å²) in [6.45, 7) is 6.90. The van der Waals surface area contributed by atoms with E-state index in [1.807, 2.05) is 0 Å². The predicted molar refractivity (Wildman–Crippen MR) is 57.0 cm³/mol. The summed E-state index contributed by atoms with van der Waals surface area (Å²) >= 11 is 0. The number of hydrogen-bond acceptors (Lipinski definition) is 2. The molecule has 2 rings (SSSR count). The van der Waals surface area contributed by atoms with Crippen LogP contribution in [0, 0.1) is 0 Å². The summed E-state index contributed by atoms with van der Waals surface area (Å²) in [6.07, 6.45) is 0. The van der Waals surface area contributed by atoms with Crippen LogP contribution in [-0.2, 0) is 18.0 Å². The lowest BCUT2D eigenvalue weighted by Crippen LogP contribution is -2.17. The molecule has 0 amide bonds. The monoisotopic (exact) mass is 191 g/mol. The van der Waals surface area contributed by atoms with Crippen molar-refractivity contribution in [3.05, 3.63) is 34.9 Å². The van der Waals surface area contributed by atoms with Gasteiger partial charge in [-0.1, -0.05) is 25.1 Å². The van der Waals surface area contributed by atoms with E-state index in [0.29, 0.717) is 6.04 Å². The van der Waals surface area contributed by atoms with Gasteiger partial charge in [0.1, 0.15) is 0 Å². The van der Waals surface area contributed by atoms with Crippen LogP contribution in [0.5, 0.6) is 0 Å². The maximum absolute atomic E-state index is 5.39. The maximum Gasteiger partial charge on any atom is 0.0725 e. The summed E-state index contributed by atoms with van der Waals surface area (Å²) in [7, 11) is 0. The van der Waals surface area contributed by atoms with Crippen molar-refractivity contribution >= 4 is 0 Å². The standard InChI is InChI=1S/C12H17NO/c1-3-13-9(2)10-4-5-11-7-14-8-12(11)6-10/h4-6,9,13H,3,7-8H2,1-2H3. The van der Waals surface area contributed by atoms with Gasteiger partial charge in [-0.3, -0.25) is 0 Å². The molecule has 1 aliphatic rings. The van der Waals surface area contributed by atoms with Crippen LogP contribution in [0.3, 0.4) is 0 Å². The lowest BCUT2D eigenvalue weighted by Gasteiger charge is -2.13. The molecule has 1 heterocycles. The second-order valence-electron chi connectivity index (χ2n) is 3.80. The summed E-state index contributed by atoms with van der Waals surface area (Å²) in [5.41, 5.74) is 4.06. The SMILES string of the molecule is CCNC(C)c1ccc2c(c1)COC2. The predicted octanol–water partition coefficient (Wildman–Crippen LogP) is 2.39. The van der Waals surface area contributed by atoms with Crippen LogP contribution >= 0.6 is 0 Å². The molecule has 1 N–H and O–H groups in total. The molecule has 0 aliphatic carbocycles. The van der Waals surface area contributed by atoms with E-state index in [-0.39, 0.29) is 0 Å². The molecule has 76 valence electrons. The topological polar surface area (TPSA) is 21.3 Å². The van der Waals surface area contributed by atoms with E-state index in [1.54, 1.807) is 0 Å². The van der Waals surface area contributed by atoms with Crippen molar-refractivity contribution < 1.29 is 4.74 Å². The Morgan fingerprint density at radius 1 is 1.36 bits per heavy atom. The zero-order valence-electron chi connectivity index (χ0n) is 8.84. The average molecular weight is 191 g/mol. The molecule has 1 aromatic rings. The first-order chi connectivity index (χ1) is 6.81. The lowest BCUT2D eigenvalue weighted by molar-refractivity contribution is 0.134. The van der Waals surface area contributed by atoms with Crippen molar-refractivity contribution in [3.8, 4) is 0 Å². The van der Waals surface area contributed by atoms with E-state index < -0.39 is 0 Å². The molecule has 14 heavy (non-hydrogen) atoms. The zero-order valence-corrected chi connectivity index (χ0v) is 8.84. The van der Waals surface area contributed by atoms with Crippen LogP contribution in [0.25, 0.3) is 0 Å². The van der Waals surface area contributed by atoms with E-state index in [4.69, 9.17) is 4.74 Å². The first kappa shape index (κ1) is 9.69. The third kappa shape index (κ3) is 1.81. The fourth-order valence-corrected chi connectivity index (χ4v) is 1.89. The molecule has 1 atom stereocenters. The first-order valence-electron chi connectivity index (χ1n) is 5.24. The molecule has 0 aromatic heterocycles. The van der Waals surface area contributed by atoms with Gasteiger partial charge < -0.3 is 10.1 Å². The highest BCUT2D eigenvalue weighted by Gasteiger charge is 2.12. The van der Waals surface area contributed by atoms with Crippen molar-refractivity contribution in [2.24, 2.45) is 0 Å². The van der Waals surface area contributed by atoms with Crippen LogP contribution in [-0.4, -0.2) is 6.54 Å². The zero-order chi connectivity index (χ0) is 9.97. The minimum atomic E-state index is 0.436. The molecule has 1 unspecified atom stereocenters. The Kier molecular flexibility index (Phi) is 2.85. The highest BCUT2D eigenvalue weighted by molar-refractivity contribution is 5.34. The van der Waals surface area contributed by atoms with Crippen LogP contribution in [0.1, 0.15) is 36.6 Å². The summed E-state index contributed by atoms with van der Waals surface area (Å²) in [4.78, 5) is 0. The Balaban J connectivity index is 2.19. The molecule has 0 fully saturated rings. The van der Waals surface area contributed by atoms with Gasteiger partial charge in [0.2, 0.25) is 0 Å². The Hall–Kier alpha value is -0.860. The van der Waals surface area contributed by atoms with Crippen LogP contribution in [0.15, 0.2) is 18.2 Å². The molecular weight excluding hydrogens is 174 g/mol. The Morgan fingerprint density at radius 3 is 2.93 bits per heavy atom. The molecule has 0 spiro atoms. The molecule has 0 saturated heterocycles. The van der Waals surface area contributed by atoms with Crippen LogP contribution in [0.4, 0.5) is 0 Å². The summed E-state index contributed by atoms with van der Waals surface area (Å²) < 4.78 is 5.39. The fraction of sp³-hybridized carbons (Fsp3) is 0.500. The number of hydrogen-bond donors (Lipinski definition) is 1. The largest absolute Gasteiger partial charge is 0.372 e. The minimum Gasteiger partial charge on any atom is -0.372 e. The third-order valence-electron chi connectivity index (χ3n) is 2.76. The minimum absolute atomic E-state index is 0.436. The highest BCUT2D eigenvalue weighted by atomic mass is 16.5. The number of fused-ring (bicyclic) bond motifs is 1. The second-order valence-corrected chi connectivity index (χ2v) is 3.80. The molecule has 0 bridgehead atoms. The molecular formula is C12H17NO. The van der Waals surface area contributed by atoms with Crippen LogP contribution in [0.2, 0.25) is 0 Å². The van der Waals surface area contributed by atoms with E-state index in [0.717, 1.165) is 19.8 Å². The van der Waals surface area contributed by atoms with Gasteiger partial charge in [-0.25, -0.2) is 0 Å². The van der Waals surface area contributed by atoms with Gasteiger partial charge in [-0.05, 0) is 30.2 Å². The molecule has 2 nitrogen and oxygen atoms in total. The van der Waals surface area contributed by atoms with Crippen molar-refractivity contribution in [1.82, 2.24) is 5.32 Å². The maximum atomic E-state index is 5.39. The van der Waals surface area contributed by atoms with Crippen LogP contribution < -0.4 is 5.32 Å². The van der Waals surface area contributed by atoms with Gasteiger partial charge in [-0.2, -0.15) is 0 Å². The molecule has 2 heteroatoms. The van der Waals surface area contributed by atoms with Crippen molar-refractivity contribution in [2.75, 3.05) is 6.54 Å². The van der Waals surface area contributed by atoms with Crippen molar-refractivity contribution in [1.29, 1.82) is 0 Å². The van der Waals surface area contributed by atoms with Gasteiger partial charge in [0.25, 0.3) is 0 Å². The van der Waals surface area contributed by atoms with E-state index >= 15 is 0 Å². The van der Waals surface area contributed by atoms with E-state index in [9.17, 15) is 0 Å². The lowest BCUT2D eigenvalue weighted by atomic mass is 10.0. The number of nitrogens with one attached hydrogen (secondary N) is 1. The van der Waals surface area contributed by atoms with E-state index in [1.165, 1.54) is 16.7 Å². The Morgan fingerprint density at radius 2 is 2.14 bits per heavy atom. The van der Waals surface area contributed by atoms with Crippen molar-refractivity contribution in [2.45, 2.75) is 33.1 Å². The highest BCUT2D eigenvalue weighted by Crippen LogP contribution is 2.23. The first-order valence-corrected chi connectivity index (χ1v) is 5.24. The van der Waals surface area contributed by atoms with Crippen molar-refractivity contribution in [3.63, 3.8) is 0 Å². The Bertz CT molecular complexity index is 322. The molecule has 1 aliphatic heterocycles. The average Bonchev–Trinajstić information content (AvgIpc) is 2.64.